The predicted octanol–water partition coefficient (Wildman–Crippen LogP) is 3.71. The summed E-state index contributed by atoms with van der Waals surface area (Å²) < 4.78 is 0. The molecule has 0 amide bonds. The lowest BCUT2D eigenvalue weighted by Gasteiger charge is -2.26. The van der Waals surface area contributed by atoms with Crippen LogP contribution in [0.5, 0.6) is 0 Å². The molecule has 0 aliphatic carbocycles. The van der Waals surface area contributed by atoms with Crippen molar-refractivity contribution in [1.82, 2.24) is 5.32 Å². The van der Waals surface area contributed by atoms with Crippen LogP contribution in [0.15, 0.2) is 30.3 Å². The largest absolute Gasteiger partial charge is 0.313 e. The van der Waals surface area contributed by atoms with Gasteiger partial charge in [-0.2, -0.15) is 0 Å². The van der Waals surface area contributed by atoms with E-state index in [1.54, 1.807) is 0 Å². The molecule has 16 heavy (non-hydrogen) atoms. The third kappa shape index (κ3) is 2.85. The monoisotopic (exact) mass is 217 g/mol. The van der Waals surface area contributed by atoms with E-state index in [1.165, 1.54) is 44.2 Å². The van der Waals surface area contributed by atoms with Gasteiger partial charge in [0, 0.05) is 6.04 Å². The highest BCUT2D eigenvalue weighted by Gasteiger charge is 2.21. The van der Waals surface area contributed by atoms with Crippen LogP contribution in [0.3, 0.4) is 0 Å². The summed E-state index contributed by atoms with van der Waals surface area (Å²) in [5.74, 6) is 0.694. The van der Waals surface area contributed by atoms with Crippen molar-refractivity contribution < 1.29 is 0 Å². The van der Waals surface area contributed by atoms with Crippen molar-refractivity contribution in [2.45, 2.75) is 51.0 Å². The van der Waals surface area contributed by atoms with Crippen LogP contribution in [0.4, 0.5) is 0 Å². The molecule has 1 aromatic carbocycles. The maximum Gasteiger partial charge on any atom is 0.0136 e. The lowest BCUT2D eigenvalue weighted by atomic mass is 9.87. The molecule has 1 N–H and O–H groups in total. The van der Waals surface area contributed by atoms with E-state index in [0.717, 1.165) is 0 Å². The first kappa shape index (κ1) is 11.7. The molecular formula is C15H23N. The molecule has 0 spiro atoms. The quantitative estimate of drug-likeness (QED) is 0.814. The zero-order chi connectivity index (χ0) is 11.2. The van der Waals surface area contributed by atoms with Crippen LogP contribution in [0.2, 0.25) is 0 Å². The van der Waals surface area contributed by atoms with Crippen molar-refractivity contribution in [3.8, 4) is 0 Å². The van der Waals surface area contributed by atoms with Crippen LogP contribution in [0, 0.1) is 0 Å². The summed E-state index contributed by atoms with van der Waals surface area (Å²) in [6.07, 6.45) is 6.71. The first-order valence-corrected chi connectivity index (χ1v) is 6.70. The van der Waals surface area contributed by atoms with Gasteiger partial charge in [0.15, 0.2) is 0 Å². The van der Waals surface area contributed by atoms with Crippen molar-refractivity contribution in [2.75, 3.05) is 6.54 Å². The lowest BCUT2D eigenvalue weighted by Crippen LogP contribution is -2.34. The second-order valence-corrected chi connectivity index (χ2v) is 4.84. The van der Waals surface area contributed by atoms with E-state index in [2.05, 4.69) is 42.6 Å². The Morgan fingerprint density at radius 3 is 2.75 bits per heavy atom. The minimum Gasteiger partial charge on any atom is -0.313 e. The third-order valence-electron chi connectivity index (χ3n) is 3.75. The van der Waals surface area contributed by atoms with Crippen molar-refractivity contribution >= 4 is 0 Å². The zero-order valence-corrected chi connectivity index (χ0v) is 10.3. The molecule has 0 bridgehead atoms. The van der Waals surface area contributed by atoms with E-state index in [1.807, 2.05) is 0 Å². The van der Waals surface area contributed by atoms with Crippen LogP contribution >= 0.6 is 0 Å². The minimum absolute atomic E-state index is 0.690. The molecule has 0 radical (unpaired) electrons. The number of nitrogens with one attached hydrogen (secondary N) is 1. The van der Waals surface area contributed by atoms with E-state index in [9.17, 15) is 0 Å². The molecule has 88 valence electrons. The molecular weight excluding hydrogens is 194 g/mol. The Labute approximate surface area is 99.3 Å². The molecule has 1 saturated heterocycles. The Balaban J connectivity index is 2.09. The normalized spacial score (nSPS) is 23.7. The Bertz CT molecular complexity index is 286. The summed E-state index contributed by atoms with van der Waals surface area (Å²) >= 11 is 0. The molecule has 2 atom stereocenters. The van der Waals surface area contributed by atoms with Gasteiger partial charge in [-0.1, -0.05) is 50.1 Å². The fourth-order valence-corrected chi connectivity index (χ4v) is 2.85. The predicted molar refractivity (Wildman–Crippen MR) is 69.7 cm³/mol. The van der Waals surface area contributed by atoms with Gasteiger partial charge in [-0.3, -0.25) is 0 Å². The van der Waals surface area contributed by atoms with Crippen LogP contribution in [0.1, 0.15) is 50.5 Å². The maximum atomic E-state index is 3.73. The summed E-state index contributed by atoms with van der Waals surface area (Å²) in [5, 5.41) is 3.73. The molecule has 1 aliphatic heterocycles. The molecule has 0 saturated carbocycles. The molecule has 0 aromatic heterocycles. The lowest BCUT2D eigenvalue weighted by molar-refractivity contribution is 0.417. The minimum atomic E-state index is 0.690. The van der Waals surface area contributed by atoms with Crippen molar-refractivity contribution in [3.05, 3.63) is 35.9 Å². The Morgan fingerprint density at radius 2 is 2.00 bits per heavy atom. The van der Waals surface area contributed by atoms with Gasteiger partial charge < -0.3 is 5.32 Å². The van der Waals surface area contributed by atoms with Gasteiger partial charge in [0.1, 0.15) is 0 Å². The van der Waals surface area contributed by atoms with E-state index >= 15 is 0 Å². The van der Waals surface area contributed by atoms with Gasteiger partial charge in [0.05, 0.1) is 0 Å². The number of hydrogen-bond acceptors (Lipinski definition) is 1. The number of hydrogen-bond donors (Lipinski definition) is 1. The fourth-order valence-electron chi connectivity index (χ4n) is 2.85. The Hall–Kier alpha value is -0.820. The van der Waals surface area contributed by atoms with E-state index in [-0.39, 0.29) is 0 Å². The molecule has 1 aromatic rings. The van der Waals surface area contributed by atoms with E-state index in [4.69, 9.17) is 0 Å². The Kier molecular flexibility index (Phi) is 4.41. The van der Waals surface area contributed by atoms with Crippen LogP contribution in [-0.2, 0) is 0 Å². The summed E-state index contributed by atoms with van der Waals surface area (Å²) in [5.41, 5.74) is 1.50. The molecule has 1 aliphatic rings. The van der Waals surface area contributed by atoms with Gasteiger partial charge >= 0.3 is 0 Å². The third-order valence-corrected chi connectivity index (χ3v) is 3.75. The summed E-state index contributed by atoms with van der Waals surface area (Å²) in [6.45, 7) is 3.51. The maximum absolute atomic E-state index is 3.73. The summed E-state index contributed by atoms with van der Waals surface area (Å²) in [4.78, 5) is 0. The Morgan fingerprint density at radius 1 is 1.19 bits per heavy atom. The van der Waals surface area contributed by atoms with E-state index in [0.29, 0.717) is 12.0 Å². The second-order valence-electron chi connectivity index (χ2n) is 4.84. The SMILES string of the molecule is CCC(c1ccccc1)C1CCCCCN1. The number of rotatable bonds is 3. The van der Waals surface area contributed by atoms with Gasteiger partial charge in [-0.15, -0.1) is 0 Å². The van der Waals surface area contributed by atoms with Gasteiger partial charge in [-0.05, 0) is 37.3 Å². The van der Waals surface area contributed by atoms with Gasteiger partial charge in [-0.25, -0.2) is 0 Å². The highest BCUT2D eigenvalue weighted by Crippen LogP contribution is 2.27. The standard InChI is InChI=1S/C15H23N/c1-2-14(13-9-5-3-6-10-13)15-11-7-4-8-12-16-15/h3,5-6,9-10,14-16H,2,4,7-8,11-12H2,1H3. The average molecular weight is 217 g/mol. The zero-order valence-electron chi connectivity index (χ0n) is 10.3. The molecule has 2 rings (SSSR count). The molecule has 1 fully saturated rings. The summed E-state index contributed by atoms with van der Waals surface area (Å²) in [7, 11) is 0. The van der Waals surface area contributed by atoms with Gasteiger partial charge in [0.2, 0.25) is 0 Å². The topological polar surface area (TPSA) is 12.0 Å². The first-order valence-electron chi connectivity index (χ1n) is 6.70. The fraction of sp³-hybridized carbons (Fsp3) is 0.600. The smallest absolute Gasteiger partial charge is 0.0136 e. The molecule has 2 unspecified atom stereocenters. The van der Waals surface area contributed by atoms with Crippen LogP contribution in [0.25, 0.3) is 0 Å². The van der Waals surface area contributed by atoms with Crippen molar-refractivity contribution in [3.63, 3.8) is 0 Å². The molecule has 1 heteroatoms. The van der Waals surface area contributed by atoms with Crippen molar-refractivity contribution in [2.24, 2.45) is 0 Å². The average Bonchev–Trinajstić information content (AvgIpc) is 2.61. The summed E-state index contributed by atoms with van der Waals surface area (Å²) in [6, 6.07) is 11.7. The second kappa shape index (κ2) is 6.05. The highest BCUT2D eigenvalue weighted by molar-refractivity contribution is 5.21. The number of benzene rings is 1. The van der Waals surface area contributed by atoms with Crippen molar-refractivity contribution in [1.29, 1.82) is 0 Å². The first-order chi connectivity index (χ1) is 7.92. The van der Waals surface area contributed by atoms with Crippen LogP contribution in [-0.4, -0.2) is 12.6 Å². The molecule has 1 heterocycles. The highest BCUT2D eigenvalue weighted by atomic mass is 14.9. The van der Waals surface area contributed by atoms with Crippen LogP contribution < -0.4 is 5.32 Å². The van der Waals surface area contributed by atoms with Gasteiger partial charge in [0.25, 0.3) is 0 Å². The van der Waals surface area contributed by atoms with E-state index < -0.39 is 0 Å². The molecule has 1 nitrogen and oxygen atoms in total.